The number of halogens is 1. The highest BCUT2D eigenvalue weighted by atomic mass is 35.5. The summed E-state index contributed by atoms with van der Waals surface area (Å²) in [6.45, 7) is 0. The van der Waals surface area contributed by atoms with Gasteiger partial charge in [-0.15, -0.1) is 11.6 Å². The van der Waals surface area contributed by atoms with Crippen LogP contribution in [0, 0.1) is 22.7 Å². The Kier molecular flexibility index (Phi) is 0.887. The van der Waals surface area contributed by atoms with E-state index < -0.39 is 0 Å². The van der Waals surface area contributed by atoms with Crippen molar-refractivity contribution in [2.45, 2.75) is 24.6 Å². The normalized spacial score (nSPS) is 43.6. The Bertz CT molecular complexity index is 178. The van der Waals surface area contributed by atoms with Gasteiger partial charge in [0.1, 0.15) is 0 Å². The molecule has 2 atom stereocenters. The van der Waals surface area contributed by atoms with E-state index in [1.165, 1.54) is 12.8 Å². The van der Waals surface area contributed by atoms with Gasteiger partial charge < -0.3 is 0 Å². The predicted octanol–water partition coefficient (Wildman–Crippen LogP) is 1.92. The van der Waals surface area contributed by atoms with Crippen LogP contribution >= 0.6 is 11.6 Å². The Labute approximate surface area is 59.6 Å². The van der Waals surface area contributed by atoms with Gasteiger partial charge in [-0.05, 0) is 24.7 Å². The summed E-state index contributed by atoms with van der Waals surface area (Å²) in [6.07, 6.45) is 3.59. The molecule has 2 aliphatic carbocycles. The van der Waals surface area contributed by atoms with Crippen LogP contribution in [0.2, 0.25) is 0 Å². The molecule has 2 fully saturated rings. The van der Waals surface area contributed by atoms with Crippen molar-refractivity contribution < 1.29 is 0 Å². The summed E-state index contributed by atoms with van der Waals surface area (Å²) < 4.78 is 0. The molecule has 0 amide bonds. The van der Waals surface area contributed by atoms with E-state index in [0.29, 0.717) is 5.41 Å². The van der Waals surface area contributed by atoms with E-state index in [-0.39, 0.29) is 11.3 Å². The van der Waals surface area contributed by atoms with Crippen LogP contribution in [0.15, 0.2) is 0 Å². The largest absolute Gasteiger partial charge is 0.198 e. The second kappa shape index (κ2) is 1.44. The molecule has 9 heavy (non-hydrogen) atoms. The molecule has 2 saturated carbocycles. The first-order valence-corrected chi connectivity index (χ1v) is 3.76. The molecule has 0 aliphatic heterocycles. The van der Waals surface area contributed by atoms with Crippen molar-refractivity contribution in [3.05, 3.63) is 0 Å². The van der Waals surface area contributed by atoms with Crippen molar-refractivity contribution in [1.82, 2.24) is 0 Å². The molecule has 0 aromatic carbocycles. The van der Waals surface area contributed by atoms with Crippen LogP contribution in [0.5, 0.6) is 0 Å². The van der Waals surface area contributed by atoms with E-state index in [1.807, 2.05) is 0 Å². The van der Waals surface area contributed by atoms with Gasteiger partial charge in [0.25, 0.3) is 0 Å². The molecule has 48 valence electrons. The Morgan fingerprint density at radius 1 is 1.56 bits per heavy atom. The summed E-state index contributed by atoms with van der Waals surface area (Å²) in [5.41, 5.74) is 0.446. The maximum absolute atomic E-state index is 8.48. The Morgan fingerprint density at radius 2 is 2.22 bits per heavy atom. The minimum Gasteiger partial charge on any atom is -0.198 e. The van der Waals surface area contributed by atoms with Crippen LogP contribution < -0.4 is 0 Å². The van der Waals surface area contributed by atoms with E-state index in [9.17, 15) is 0 Å². The van der Waals surface area contributed by atoms with Gasteiger partial charge in [-0.25, -0.2) is 0 Å². The minimum absolute atomic E-state index is 0.161. The molecule has 0 aromatic rings. The number of hydrogen-bond donors (Lipinski definition) is 0. The van der Waals surface area contributed by atoms with Gasteiger partial charge in [-0.2, -0.15) is 5.26 Å². The highest BCUT2D eigenvalue weighted by molar-refractivity contribution is 6.22. The summed E-state index contributed by atoms with van der Waals surface area (Å²) in [5.74, 6) is 0.161. The molecule has 0 aromatic heterocycles. The third-order valence-electron chi connectivity index (χ3n) is 2.62. The second-order valence-corrected chi connectivity index (χ2v) is 3.67. The van der Waals surface area contributed by atoms with Crippen molar-refractivity contribution in [2.24, 2.45) is 11.3 Å². The van der Waals surface area contributed by atoms with E-state index in [2.05, 4.69) is 6.07 Å². The fraction of sp³-hybridized carbons (Fsp3) is 0.857. The molecular weight excluding hydrogens is 134 g/mol. The maximum atomic E-state index is 8.48. The topological polar surface area (TPSA) is 23.8 Å². The van der Waals surface area contributed by atoms with Crippen LogP contribution in [0.4, 0.5) is 0 Å². The van der Waals surface area contributed by atoms with Crippen molar-refractivity contribution in [2.75, 3.05) is 0 Å². The number of hydrogen-bond acceptors (Lipinski definition) is 1. The summed E-state index contributed by atoms with van der Waals surface area (Å²) >= 11 is 5.95. The lowest BCUT2D eigenvalue weighted by Crippen LogP contribution is -2.38. The standard InChI is InChI=1S/C7H8ClN/c8-6-5(4-9)3-7(6)1-2-7/h5-6H,1-3H2/t5-,6-/m1/s1. The average molecular weight is 142 g/mol. The summed E-state index contributed by atoms with van der Waals surface area (Å²) in [4.78, 5) is 0. The summed E-state index contributed by atoms with van der Waals surface area (Å²) in [7, 11) is 0. The smallest absolute Gasteiger partial charge is 0.0671 e. The Hall–Kier alpha value is -0.220. The fourth-order valence-electron chi connectivity index (χ4n) is 1.67. The third-order valence-corrected chi connectivity index (χ3v) is 3.39. The number of rotatable bonds is 0. The molecule has 1 spiro atoms. The summed E-state index contributed by atoms with van der Waals surface area (Å²) in [5, 5.41) is 8.66. The van der Waals surface area contributed by atoms with Crippen molar-refractivity contribution in [3.8, 4) is 6.07 Å². The van der Waals surface area contributed by atoms with Crippen molar-refractivity contribution in [1.29, 1.82) is 5.26 Å². The Morgan fingerprint density at radius 3 is 2.56 bits per heavy atom. The zero-order valence-corrected chi connectivity index (χ0v) is 5.86. The van der Waals surface area contributed by atoms with Crippen LogP contribution in [0.3, 0.4) is 0 Å². The highest BCUT2D eigenvalue weighted by Gasteiger charge is 2.60. The lowest BCUT2D eigenvalue weighted by atomic mass is 9.72. The van der Waals surface area contributed by atoms with Gasteiger partial charge in [0.05, 0.1) is 17.4 Å². The predicted molar refractivity (Wildman–Crippen MR) is 35.0 cm³/mol. The van der Waals surface area contributed by atoms with Gasteiger partial charge >= 0.3 is 0 Å². The minimum atomic E-state index is 0.161. The first-order chi connectivity index (χ1) is 4.28. The molecule has 0 N–H and O–H groups in total. The quantitative estimate of drug-likeness (QED) is 0.473. The van der Waals surface area contributed by atoms with Crippen molar-refractivity contribution in [3.63, 3.8) is 0 Å². The monoisotopic (exact) mass is 141 g/mol. The molecule has 1 nitrogen and oxygen atoms in total. The lowest BCUT2D eigenvalue weighted by Gasteiger charge is -2.37. The number of alkyl halides is 1. The van der Waals surface area contributed by atoms with Crippen LogP contribution in [-0.2, 0) is 0 Å². The van der Waals surface area contributed by atoms with E-state index in [4.69, 9.17) is 16.9 Å². The SMILES string of the molecule is N#C[C@H]1CC2(CC2)[C@@H]1Cl. The molecule has 0 heterocycles. The molecule has 2 aliphatic rings. The van der Waals surface area contributed by atoms with Gasteiger partial charge in [0.15, 0.2) is 0 Å². The number of nitriles is 1. The molecule has 0 bridgehead atoms. The number of nitrogens with zero attached hydrogens (tertiary/aromatic N) is 1. The molecule has 0 unspecified atom stereocenters. The highest BCUT2D eigenvalue weighted by Crippen LogP contribution is 2.65. The van der Waals surface area contributed by atoms with Crippen LogP contribution in [0.25, 0.3) is 0 Å². The molecule has 2 heteroatoms. The van der Waals surface area contributed by atoms with Crippen LogP contribution in [0.1, 0.15) is 19.3 Å². The molecule has 0 saturated heterocycles. The zero-order valence-electron chi connectivity index (χ0n) is 5.10. The van der Waals surface area contributed by atoms with Crippen LogP contribution in [-0.4, -0.2) is 5.38 Å². The van der Waals surface area contributed by atoms with E-state index in [1.54, 1.807) is 0 Å². The third kappa shape index (κ3) is 0.548. The summed E-state index contributed by atoms with van der Waals surface area (Å²) in [6, 6.07) is 2.21. The first kappa shape index (κ1) is 5.56. The lowest BCUT2D eigenvalue weighted by molar-refractivity contribution is 0.230. The van der Waals surface area contributed by atoms with Gasteiger partial charge in [-0.1, -0.05) is 0 Å². The zero-order chi connectivity index (χ0) is 6.48. The van der Waals surface area contributed by atoms with E-state index >= 15 is 0 Å². The Balaban J connectivity index is 2.05. The van der Waals surface area contributed by atoms with Gasteiger partial charge in [-0.3, -0.25) is 0 Å². The molecular formula is C7H8ClN. The van der Waals surface area contributed by atoms with Crippen molar-refractivity contribution >= 4 is 11.6 Å². The second-order valence-electron chi connectivity index (χ2n) is 3.20. The molecule has 0 radical (unpaired) electrons. The van der Waals surface area contributed by atoms with Gasteiger partial charge in [0, 0.05) is 0 Å². The average Bonchev–Trinajstić information content (AvgIpc) is 2.63. The van der Waals surface area contributed by atoms with Gasteiger partial charge in [0.2, 0.25) is 0 Å². The maximum Gasteiger partial charge on any atom is 0.0671 e. The fourth-order valence-corrected chi connectivity index (χ4v) is 2.12. The first-order valence-electron chi connectivity index (χ1n) is 3.32. The van der Waals surface area contributed by atoms with E-state index in [0.717, 1.165) is 6.42 Å². The molecule has 2 rings (SSSR count).